The van der Waals surface area contributed by atoms with Gasteiger partial charge in [-0.3, -0.25) is 4.79 Å². The second-order valence-electron chi connectivity index (χ2n) is 3.42. The Hall–Kier alpha value is -1.39. The van der Waals surface area contributed by atoms with Crippen molar-refractivity contribution in [1.29, 1.82) is 0 Å². The Morgan fingerprint density at radius 3 is 2.94 bits per heavy atom. The molecule has 0 unspecified atom stereocenters. The van der Waals surface area contributed by atoms with E-state index in [0.717, 1.165) is 11.3 Å². The van der Waals surface area contributed by atoms with Crippen LogP contribution in [0.25, 0.3) is 11.3 Å². The minimum Gasteiger partial charge on any atom is -0.302 e. The second kappa shape index (κ2) is 5.29. The normalized spacial score (nSPS) is 10.2. The van der Waals surface area contributed by atoms with Gasteiger partial charge in [0, 0.05) is 22.4 Å². The molecular weight excluding hydrogens is 256 g/mol. The van der Waals surface area contributed by atoms with Crippen molar-refractivity contribution >= 4 is 34.0 Å². The summed E-state index contributed by atoms with van der Waals surface area (Å²) in [5.74, 6) is -0.0370. The van der Waals surface area contributed by atoms with E-state index in [0.29, 0.717) is 16.6 Å². The molecule has 1 aromatic heterocycles. The summed E-state index contributed by atoms with van der Waals surface area (Å²) in [5, 5.41) is 5.87. The highest BCUT2D eigenvalue weighted by Crippen LogP contribution is 2.30. The molecule has 1 amide bonds. The van der Waals surface area contributed by atoms with Crippen molar-refractivity contribution in [2.24, 2.45) is 0 Å². The molecular formula is C12H11ClN2OS. The first kappa shape index (κ1) is 12.1. The molecule has 0 aliphatic heterocycles. The Labute approximate surface area is 108 Å². The lowest BCUT2D eigenvalue weighted by molar-refractivity contribution is -0.115. The largest absolute Gasteiger partial charge is 0.302 e. The summed E-state index contributed by atoms with van der Waals surface area (Å²) in [6, 6.07) is 7.51. The summed E-state index contributed by atoms with van der Waals surface area (Å²) in [4.78, 5) is 15.6. The number of aromatic nitrogens is 1. The fourth-order valence-electron chi connectivity index (χ4n) is 1.33. The SMILES string of the molecule is CCC(=O)Nc1nc(-c2ccccc2Cl)cs1. The zero-order valence-electron chi connectivity index (χ0n) is 9.24. The maximum atomic E-state index is 11.2. The molecule has 0 bridgehead atoms. The van der Waals surface area contributed by atoms with E-state index >= 15 is 0 Å². The summed E-state index contributed by atoms with van der Waals surface area (Å²) < 4.78 is 0. The molecule has 88 valence electrons. The Bertz CT molecular complexity index is 539. The highest BCUT2D eigenvalue weighted by atomic mass is 35.5. The van der Waals surface area contributed by atoms with Crippen molar-refractivity contribution in [3.05, 3.63) is 34.7 Å². The van der Waals surface area contributed by atoms with Crippen molar-refractivity contribution in [3.63, 3.8) is 0 Å². The first-order valence-electron chi connectivity index (χ1n) is 5.21. The van der Waals surface area contributed by atoms with Gasteiger partial charge in [-0.1, -0.05) is 36.7 Å². The first-order valence-corrected chi connectivity index (χ1v) is 6.46. The third-order valence-electron chi connectivity index (χ3n) is 2.22. The van der Waals surface area contributed by atoms with Crippen LogP contribution in [0, 0.1) is 0 Å². The molecule has 2 aromatic rings. The molecule has 2 rings (SSSR count). The fraction of sp³-hybridized carbons (Fsp3) is 0.167. The first-order chi connectivity index (χ1) is 8.20. The summed E-state index contributed by atoms with van der Waals surface area (Å²) in [7, 11) is 0. The lowest BCUT2D eigenvalue weighted by Crippen LogP contribution is -2.08. The highest BCUT2D eigenvalue weighted by molar-refractivity contribution is 7.14. The van der Waals surface area contributed by atoms with Crippen LogP contribution in [0.3, 0.4) is 0 Å². The number of hydrogen-bond acceptors (Lipinski definition) is 3. The quantitative estimate of drug-likeness (QED) is 0.918. The minimum atomic E-state index is -0.0370. The van der Waals surface area contributed by atoms with Gasteiger partial charge >= 0.3 is 0 Å². The average molecular weight is 267 g/mol. The smallest absolute Gasteiger partial charge is 0.225 e. The van der Waals surface area contributed by atoms with Crippen LogP contribution < -0.4 is 5.32 Å². The van der Waals surface area contributed by atoms with Gasteiger partial charge in [0.1, 0.15) is 0 Å². The maximum Gasteiger partial charge on any atom is 0.225 e. The summed E-state index contributed by atoms with van der Waals surface area (Å²) in [6.07, 6.45) is 0.445. The molecule has 1 N–H and O–H groups in total. The van der Waals surface area contributed by atoms with Gasteiger partial charge in [0.25, 0.3) is 0 Å². The number of rotatable bonds is 3. The number of carbonyl (C=O) groups is 1. The van der Waals surface area contributed by atoms with E-state index in [4.69, 9.17) is 11.6 Å². The Kier molecular flexibility index (Phi) is 3.76. The third kappa shape index (κ3) is 2.84. The molecule has 0 saturated carbocycles. The van der Waals surface area contributed by atoms with Crippen molar-refractivity contribution in [2.75, 3.05) is 5.32 Å². The summed E-state index contributed by atoms with van der Waals surface area (Å²) in [6.45, 7) is 1.80. The maximum absolute atomic E-state index is 11.2. The lowest BCUT2D eigenvalue weighted by Gasteiger charge is -1.99. The molecule has 17 heavy (non-hydrogen) atoms. The standard InChI is InChI=1S/C12H11ClN2OS/c1-2-11(16)15-12-14-10(7-17-12)8-5-3-4-6-9(8)13/h3-7H,2H2,1H3,(H,14,15,16). The Morgan fingerprint density at radius 1 is 1.47 bits per heavy atom. The van der Waals surface area contributed by atoms with Crippen molar-refractivity contribution < 1.29 is 4.79 Å². The number of carbonyl (C=O) groups excluding carboxylic acids is 1. The predicted molar refractivity (Wildman–Crippen MR) is 71.5 cm³/mol. The van der Waals surface area contributed by atoms with Crippen LogP contribution in [0.2, 0.25) is 5.02 Å². The molecule has 1 aromatic carbocycles. The van der Waals surface area contributed by atoms with E-state index in [1.165, 1.54) is 11.3 Å². The minimum absolute atomic E-state index is 0.0370. The van der Waals surface area contributed by atoms with Crippen molar-refractivity contribution in [3.8, 4) is 11.3 Å². The molecule has 1 heterocycles. The van der Waals surface area contributed by atoms with Crippen LogP contribution in [0.15, 0.2) is 29.6 Å². The number of hydrogen-bond donors (Lipinski definition) is 1. The molecule has 0 saturated heterocycles. The number of halogens is 1. The van der Waals surface area contributed by atoms with Gasteiger partial charge in [-0.2, -0.15) is 0 Å². The molecule has 0 radical (unpaired) electrons. The van der Waals surface area contributed by atoms with Crippen LogP contribution >= 0.6 is 22.9 Å². The zero-order chi connectivity index (χ0) is 12.3. The number of nitrogens with zero attached hydrogens (tertiary/aromatic N) is 1. The average Bonchev–Trinajstić information content (AvgIpc) is 2.78. The zero-order valence-corrected chi connectivity index (χ0v) is 10.8. The number of benzene rings is 1. The number of thiazole rings is 1. The van der Waals surface area contributed by atoms with E-state index < -0.39 is 0 Å². The monoisotopic (exact) mass is 266 g/mol. The molecule has 0 aliphatic rings. The summed E-state index contributed by atoms with van der Waals surface area (Å²) in [5.41, 5.74) is 1.66. The topological polar surface area (TPSA) is 42.0 Å². The fourth-order valence-corrected chi connectivity index (χ4v) is 2.29. The third-order valence-corrected chi connectivity index (χ3v) is 3.31. The Morgan fingerprint density at radius 2 is 2.24 bits per heavy atom. The van der Waals surface area contributed by atoms with Gasteiger partial charge in [0.15, 0.2) is 5.13 Å². The molecule has 5 heteroatoms. The Balaban J connectivity index is 2.24. The van der Waals surface area contributed by atoms with Gasteiger partial charge in [0.05, 0.1) is 5.69 Å². The highest BCUT2D eigenvalue weighted by Gasteiger charge is 2.08. The summed E-state index contributed by atoms with van der Waals surface area (Å²) >= 11 is 7.47. The van der Waals surface area contributed by atoms with E-state index in [1.54, 1.807) is 6.92 Å². The molecule has 0 spiro atoms. The van der Waals surface area contributed by atoms with E-state index in [9.17, 15) is 4.79 Å². The van der Waals surface area contributed by atoms with E-state index in [-0.39, 0.29) is 5.91 Å². The van der Waals surface area contributed by atoms with Gasteiger partial charge in [-0.25, -0.2) is 4.98 Å². The predicted octanol–water partition coefficient (Wildman–Crippen LogP) is 3.81. The van der Waals surface area contributed by atoms with Crippen LogP contribution in [0.1, 0.15) is 13.3 Å². The van der Waals surface area contributed by atoms with Gasteiger partial charge < -0.3 is 5.32 Å². The molecule has 3 nitrogen and oxygen atoms in total. The molecule has 0 atom stereocenters. The van der Waals surface area contributed by atoms with Crippen LogP contribution in [-0.4, -0.2) is 10.9 Å². The number of nitrogens with one attached hydrogen (secondary N) is 1. The van der Waals surface area contributed by atoms with Crippen molar-refractivity contribution in [1.82, 2.24) is 4.98 Å². The second-order valence-corrected chi connectivity index (χ2v) is 4.68. The van der Waals surface area contributed by atoms with Crippen LogP contribution in [-0.2, 0) is 4.79 Å². The van der Waals surface area contributed by atoms with E-state index in [1.807, 2.05) is 29.6 Å². The van der Waals surface area contributed by atoms with Gasteiger partial charge in [0.2, 0.25) is 5.91 Å². The van der Waals surface area contributed by atoms with Gasteiger partial charge in [-0.05, 0) is 6.07 Å². The van der Waals surface area contributed by atoms with Crippen LogP contribution in [0.5, 0.6) is 0 Å². The molecule has 0 fully saturated rings. The van der Waals surface area contributed by atoms with E-state index in [2.05, 4.69) is 10.3 Å². The number of anilines is 1. The van der Waals surface area contributed by atoms with Crippen LogP contribution in [0.4, 0.5) is 5.13 Å². The van der Waals surface area contributed by atoms with Crippen molar-refractivity contribution in [2.45, 2.75) is 13.3 Å². The lowest BCUT2D eigenvalue weighted by atomic mass is 10.2. The molecule has 0 aliphatic carbocycles. The number of amides is 1. The van der Waals surface area contributed by atoms with Gasteiger partial charge in [-0.15, -0.1) is 11.3 Å².